The summed E-state index contributed by atoms with van der Waals surface area (Å²) in [6.45, 7) is 15.7. The van der Waals surface area contributed by atoms with E-state index in [9.17, 15) is 0 Å². The van der Waals surface area contributed by atoms with E-state index in [0.29, 0.717) is 26.4 Å². The van der Waals surface area contributed by atoms with Crippen LogP contribution < -0.4 is 28.1 Å². The third kappa shape index (κ3) is 4.74. The first-order valence-corrected chi connectivity index (χ1v) is 19.3. The average molecular weight is 719 g/mol. The first-order valence-electron chi connectivity index (χ1n) is 19.3. The molecular weight excluding hydrogens is 673 g/mol. The average Bonchev–Trinajstić information content (AvgIpc) is 3.99. The highest BCUT2D eigenvalue weighted by Gasteiger charge is 2.48. The molecule has 8 bridgehead atoms. The van der Waals surface area contributed by atoms with E-state index < -0.39 is 0 Å². The SMILES string of the molecule is CC(C)(C)c1ccc(-c2cc3cc(c2)C2COc4c5[n+](cn42)C(CO5)c2cc(-c4ccc(C(C)(C)C)cc4)cc(c2)C2COc4c5n(c[n+]42)C3CO5)cc1. The Kier molecular flexibility index (Phi) is 6.53. The summed E-state index contributed by atoms with van der Waals surface area (Å²) in [5.74, 6) is 3.20. The summed E-state index contributed by atoms with van der Waals surface area (Å²) >= 11 is 0. The van der Waals surface area contributed by atoms with Crippen molar-refractivity contribution in [3.05, 3.63) is 131 Å². The quantitative estimate of drug-likeness (QED) is 0.170. The van der Waals surface area contributed by atoms with Crippen molar-refractivity contribution in [1.82, 2.24) is 9.13 Å². The molecule has 11 rings (SSSR count). The van der Waals surface area contributed by atoms with Crippen LogP contribution in [0.25, 0.3) is 22.3 Å². The van der Waals surface area contributed by atoms with E-state index in [2.05, 4.69) is 157 Å². The molecule has 0 spiro atoms. The molecule has 8 nitrogen and oxygen atoms in total. The summed E-state index contributed by atoms with van der Waals surface area (Å²) in [5, 5.41) is 0. The third-order valence-electron chi connectivity index (χ3n) is 12.3. The number of fused-ring (bicyclic) bond motifs is 10. The van der Waals surface area contributed by atoms with Gasteiger partial charge in [-0.3, -0.25) is 0 Å². The maximum Gasteiger partial charge on any atom is 0.373 e. The van der Waals surface area contributed by atoms with Gasteiger partial charge in [0.1, 0.15) is 26.4 Å². The van der Waals surface area contributed by atoms with Crippen molar-refractivity contribution in [3.63, 3.8) is 0 Å². The summed E-state index contributed by atoms with van der Waals surface area (Å²) < 4.78 is 35.2. The highest BCUT2D eigenvalue weighted by molar-refractivity contribution is 5.68. The molecule has 0 N–H and O–H groups in total. The second kappa shape index (κ2) is 11.0. The lowest BCUT2D eigenvalue weighted by Gasteiger charge is -2.20. The highest BCUT2D eigenvalue weighted by atomic mass is 16.6. The number of rotatable bonds is 2. The smallest absolute Gasteiger partial charge is 0.373 e. The molecule has 6 aromatic rings. The second-order valence-electron chi connectivity index (χ2n) is 17.8. The van der Waals surface area contributed by atoms with Gasteiger partial charge in [-0.15, -0.1) is 0 Å². The molecule has 0 amide bonds. The summed E-state index contributed by atoms with van der Waals surface area (Å²) in [6.07, 6.45) is 4.45. The zero-order valence-corrected chi connectivity index (χ0v) is 31.8. The van der Waals surface area contributed by atoms with Gasteiger partial charge in [-0.25, -0.2) is 0 Å². The van der Waals surface area contributed by atoms with E-state index in [1.54, 1.807) is 0 Å². The van der Waals surface area contributed by atoms with Crippen molar-refractivity contribution in [2.24, 2.45) is 0 Å². The molecule has 5 aliphatic heterocycles. The van der Waals surface area contributed by atoms with Crippen LogP contribution in [0.3, 0.4) is 0 Å². The Labute approximate surface area is 316 Å². The molecule has 4 unspecified atom stereocenters. The van der Waals surface area contributed by atoms with E-state index in [1.165, 1.54) is 55.6 Å². The fraction of sp³-hybridized carbons (Fsp3) is 0.348. The molecule has 4 aromatic carbocycles. The first kappa shape index (κ1) is 32.0. The number of hydrogen-bond donors (Lipinski definition) is 0. The second-order valence-corrected chi connectivity index (χ2v) is 17.8. The maximum atomic E-state index is 6.51. The van der Waals surface area contributed by atoms with Crippen LogP contribution in [0.1, 0.15) is 99.1 Å². The Morgan fingerprint density at radius 3 is 1.26 bits per heavy atom. The predicted molar refractivity (Wildman–Crippen MR) is 205 cm³/mol. The standard InChI is InChI=1S/C46H46N4O4/c1-45(2,3)35-11-7-27(8-12-35)29-15-31-19-32(16-29)38-22-52-42-44-50(26-48(38)42)40(24-54-44)34-18-30(28-9-13-36(14-10-28)46(4,5)6)17-33(20-34)39-23-53-43-41-47(25-49(39)43)37(31)21-51-41/h7-20,25-26,37-40H,21-24H2,1-6H3/q+2. The van der Waals surface area contributed by atoms with Crippen molar-refractivity contribution in [2.75, 3.05) is 26.4 Å². The van der Waals surface area contributed by atoms with Gasteiger partial charge in [0.25, 0.3) is 12.7 Å². The molecule has 8 heteroatoms. The van der Waals surface area contributed by atoms with Gasteiger partial charge in [0.05, 0.1) is 0 Å². The lowest BCUT2D eigenvalue weighted by molar-refractivity contribution is -0.697. The van der Waals surface area contributed by atoms with Gasteiger partial charge in [-0.2, -0.15) is 18.3 Å². The molecule has 0 saturated carbocycles. The van der Waals surface area contributed by atoms with Crippen LogP contribution in [0, 0.1) is 0 Å². The van der Waals surface area contributed by atoms with Crippen molar-refractivity contribution in [1.29, 1.82) is 0 Å². The van der Waals surface area contributed by atoms with Crippen LogP contribution in [0.4, 0.5) is 0 Å². The van der Waals surface area contributed by atoms with Gasteiger partial charge in [-0.05, 0) is 80.6 Å². The van der Waals surface area contributed by atoms with Crippen molar-refractivity contribution in [3.8, 4) is 45.8 Å². The first-order chi connectivity index (χ1) is 26.0. The number of imidazole rings is 2. The lowest BCUT2D eigenvalue weighted by Crippen LogP contribution is -2.38. The predicted octanol–water partition coefficient (Wildman–Crippen LogP) is 8.03. The molecule has 0 fully saturated rings. The topological polar surface area (TPSA) is 54.5 Å². The number of aromatic nitrogens is 4. The van der Waals surface area contributed by atoms with E-state index in [1.807, 2.05) is 0 Å². The van der Waals surface area contributed by atoms with E-state index >= 15 is 0 Å². The van der Waals surface area contributed by atoms with Gasteiger partial charge in [-0.1, -0.05) is 90.1 Å². The Hall–Kier alpha value is -5.50. The zero-order chi connectivity index (χ0) is 36.7. The van der Waals surface area contributed by atoms with E-state index in [-0.39, 0.29) is 35.0 Å². The van der Waals surface area contributed by atoms with Gasteiger partial charge in [0.15, 0.2) is 24.2 Å². The maximum absolute atomic E-state index is 6.51. The Morgan fingerprint density at radius 2 is 0.852 bits per heavy atom. The van der Waals surface area contributed by atoms with Crippen LogP contribution in [0.2, 0.25) is 0 Å². The van der Waals surface area contributed by atoms with Crippen molar-refractivity contribution >= 4 is 0 Å². The minimum atomic E-state index is -0.00965. The van der Waals surface area contributed by atoms with E-state index in [0.717, 1.165) is 23.5 Å². The molecule has 0 aliphatic carbocycles. The number of nitrogens with zero attached hydrogens (tertiary/aromatic N) is 4. The molecule has 7 heterocycles. The lowest BCUT2D eigenvalue weighted by atomic mass is 9.86. The van der Waals surface area contributed by atoms with Crippen LogP contribution in [-0.4, -0.2) is 35.6 Å². The van der Waals surface area contributed by atoms with Crippen molar-refractivity contribution in [2.45, 2.75) is 76.5 Å². The molecule has 4 atom stereocenters. The summed E-state index contributed by atoms with van der Waals surface area (Å²) in [6, 6.07) is 32.2. The number of ether oxygens (including phenoxy) is 4. The monoisotopic (exact) mass is 718 g/mol. The zero-order valence-electron chi connectivity index (χ0n) is 31.8. The molecule has 272 valence electrons. The molecular formula is C46H46N4O4+2. The van der Waals surface area contributed by atoms with Gasteiger partial charge in [0, 0.05) is 22.3 Å². The fourth-order valence-corrected chi connectivity index (χ4v) is 9.11. The molecule has 5 aliphatic rings. The van der Waals surface area contributed by atoms with Crippen molar-refractivity contribution < 1.29 is 28.1 Å². The number of hydrogen-bond acceptors (Lipinski definition) is 4. The molecule has 54 heavy (non-hydrogen) atoms. The minimum Gasteiger partial charge on any atom is -0.452 e. The molecule has 0 radical (unpaired) electrons. The van der Waals surface area contributed by atoms with Gasteiger partial charge >= 0.3 is 23.5 Å². The largest absolute Gasteiger partial charge is 0.452 e. The van der Waals surface area contributed by atoms with Gasteiger partial charge in [0.2, 0.25) is 0 Å². The molecule has 0 saturated heterocycles. The number of benzene rings is 4. The van der Waals surface area contributed by atoms with Crippen LogP contribution in [-0.2, 0) is 10.8 Å². The van der Waals surface area contributed by atoms with Crippen LogP contribution in [0.15, 0.2) is 97.6 Å². The summed E-state index contributed by atoms with van der Waals surface area (Å²) in [5.41, 5.74) is 12.4. The fourth-order valence-electron chi connectivity index (χ4n) is 9.11. The van der Waals surface area contributed by atoms with E-state index in [4.69, 9.17) is 18.9 Å². The summed E-state index contributed by atoms with van der Waals surface area (Å²) in [4.78, 5) is 0. The Bertz CT molecular complexity index is 2220. The minimum absolute atomic E-state index is 0.00965. The third-order valence-corrected chi connectivity index (χ3v) is 12.3. The summed E-state index contributed by atoms with van der Waals surface area (Å²) in [7, 11) is 0. The Balaban J connectivity index is 1.10. The highest BCUT2D eigenvalue weighted by Crippen LogP contribution is 2.46. The van der Waals surface area contributed by atoms with Gasteiger partial charge < -0.3 is 18.9 Å². The van der Waals surface area contributed by atoms with Crippen LogP contribution >= 0.6 is 0 Å². The normalized spacial score (nSPS) is 21.4. The Morgan fingerprint density at radius 1 is 0.463 bits per heavy atom. The molecule has 2 aromatic heterocycles. The van der Waals surface area contributed by atoms with Crippen LogP contribution in [0.5, 0.6) is 23.5 Å².